The lowest BCUT2D eigenvalue weighted by atomic mass is 10.1. The van der Waals surface area contributed by atoms with Crippen molar-refractivity contribution in [3.63, 3.8) is 0 Å². The van der Waals surface area contributed by atoms with E-state index in [9.17, 15) is 0 Å². The summed E-state index contributed by atoms with van der Waals surface area (Å²) in [7, 11) is 1.68. The standard InChI is InChI=1S/C17H22N2OS/c1-4-11-18-13(2)14-5-10-17(19-12-14)21-16-8-6-15(20-3)7-9-16/h5-10,12-13,18H,4,11H2,1-3H3. The third kappa shape index (κ3) is 4.76. The van der Waals surface area contributed by atoms with Crippen LogP contribution in [0.5, 0.6) is 5.75 Å². The first-order valence-electron chi connectivity index (χ1n) is 7.24. The van der Waals surface area contributed by atoms with Gasteiger partial charge in [-0.15, -0.1) is 0 Å². The number of benzene rings is 1. The van der Waals surface area contributed by atoms with Crippen molar-refractivity contribution in [1.82, 2.24) is 10.3 Å². The number of pyridine rings is 1. The molecule has 0 saturated heterocycles. The first kappa shape index (κ1) is 15.9. The van der Waals surface area contributed by atoms with Crippen molar-refractivity contribution < 1.29 is 4.74 Å². The van der Waals surface area contributed by atoms with Crippen LogP contribution in [0, 0.1) is 0 Å². The number of hydrogen-bond donors (Lipinski definition) is 1. The highest BCUT2D eigenvalue weighted by atomic mass is 32.2. The summed E-state index contributed by atoms with van der Waals surface area (Å²) in [6, 6.07) is 12.6. The van der Waals surface area contributed by atoms with Crippen LogP contribution < -0.4 is 10.1 Å². The number of nitrogens with zero attached hydrogens (tertiary/aromatic N) is 1. The number of aromatic nitrogens is 1. The quantitative estimate of drug-likeness (QED) is 0.827. The van der Waals surface area contributed by atoms with E-state index in [-0.39, 0.29) is 0 Å². The summed E-state index contributed by atoms with van der Waals surface area (Å²) >= 11 is 1.66. The third-order valence-corrected chi connectivity index (χ3v) is 4.20. The van der Waals surface area contributed by atoms with Crippen LogP contribution in [-0.4, -0.2) is 18.6 Å². The molecule has 4 heteroatoms. The highest BCUT2D eigenvalue weighted by molar-refractivity contribution is 7.99. The minimum absolute atomic E-state index is 0.345. The van der Waals surface area contributed by atoms with Crippen LogP contribution in [0.1, 0.15) is 31.9 Å². The zero-order valence-electron chi connectivity index (χ0n) is 12.8. The van der Waals surface area contributed by atoms with E-state index in [0.717, 1.165) is 28.6 Å². The van der Waals surface area contributed by atoms with Crippen LogP contribution in [-0.2, 0) is 0 Å². The molecule has 0 saturated carbocycles. The first-order valence-corrected chi connectivity index (χ1v) is 8.06. The Balaban J connectivity index is 1.98. The molecule has 2 aromatic rings. The number of hydrogen-bond acceptors (Lipinski definition) is 4. The molecule has 1 heterocycles. The van der Waals surface area contributed by atoms with Crippen molar-refractivity contribution in [3.05, 3.63) is 48.2 Å². The van der Waals surface area contributed by atoms with E-state index in [1.165, 1.54) is 5.56 Å². The van der Waals surface area contributed by atoms with Gasteiger partial charge >= 0.3 is 0 Å². The van der Waals surface area contributed by atoms with Gasteiger partial charge in [-0.1, -0.05) is 24.8 Å². The van der Waals surface area contributed by atoms with Gasteiger partial charge in [0.2, 0.25) is 0 Å². The molecular formula is C17H22N2OS. The summed E-state index contributed by atoms with van der Waals surface area (Å²) < 4.78 is 5.16. The van der Waals surface area contributed by atoms with Gasteiger partial charge in [0.1, 0.15) is 10.8 Å². The summed E-state index contributed by atoms with van der Waals surface area (Å²) in [5.41, 5.74) is 1.22. The maximum Gasteiger partial charge on any atom is 0.118 e. The zero-order chi connectivity index (χ0) is 15.1. The fourth-order valence-corrected chi connectivity index (χ4v) is 2.71. The molecule has 0 aliphatic carbocycles. The molecule has 112 valence electrons. The highest BCUT2D eigenvalue weighted by Gasteiger charge is 2.05. The van der Waals surface area contributed by atoms with Gasteiger partial charge < -0.3 is 10.1 Å². The third-order valence-electron chi connectivity index (χ3n) is 3.24. The fourth-order valence-electron chi connectivity index (χ4n) is 1.95. The van der Waals surface area contributed by atoms with Crippen molar-refractivity contribution in [1.29, 1.82) is 0 Å². The van der Waals surface area contributed by atoms with Crippen LogP contribution in [0.2, 0.25) is 0 Å². The summed E-state index contributed by atoms with van der Waals surface area (Å²) in [5, 5.41) is 4.48. The topological polar surface area (TPSA) is 34.1 Å². The Morgan fingerprint density at radius 1 is 1.19 bits per heavy atom. The van der Waals surface area contributed by atoms with Gasteiger partial charge in [0.15, 0.2) is 0 Å². The molecule has 0 spiro atoms. The van der Waals surface area contributed by atoms with Crippen LogP contribution in [0.3, 0.4) is 0 Å². The Morgan fingerprint density at radius 2 is 1.95 bits per heavy atom. The Hall–Kier alpha value is -1.52. The second-order valence-electron chi connectivity index (χ2n) is 4.88. The highest BCUT2D eigenvalue weighted by Crippen LogP contribution is 2.28. The molecule has 1 atom stereocenters. The van der Waals surface area contributed by atoms with Crippen molar-refractivity contribution >= 4 is 11.8 Å². The largest absolute Gasteiger partial charge is 0.497 e. The Kier molecular flexibility index (Phi) is 6.08. The average molecular weight is 302 g/mol. The molecule has 0 bridgehead atoms. The van der Waals surface area contributed by atoms with Gasteiger partial charge in [0.25, 0.3) is 0 Å². The smallest absolute Gasteiger partial charge is 0.118 e. The van der Waals surface area contributed by atoms with E-state index < -0.39 is 0 Å². The van der Waals surface area contributed by atoms with Crippen LogP contribution in [0.15, 0.2) is 52.5 Å². The van der Waals surface area contributed by atoms with Gasteiger partial charge in [-0.25, -0.2) is 4.98 Å². The van der Waals surface area contributed by atoms with Gasteiger partial charge in [0, 0.05) is 17.1 Å². The van der Waals surface area contributed by atoms with Gasteiger partial charge in [-0.3, -0.25) is 0 Å². The normalized spacial score (nSPS) is 12.1. The predicted molar refractivity (Wildman–Crippen MR) is 88.1 cm³/mol. The van der Waals surface area contributed by atoms with Crippen molar-refractivity contribution in [2.75, 3.05) is 13.7 Å². The molecule has 1 N–H and O–H groups in total. The molecule has 2 rings (SSSR count). The zero-order valence-corrected chi connectivity index (χ0v) is 13.6. The van der Waals surface area contributed by atoms with Crippen LogP contribution >= 0.6 is 11.8 Å². The molecule has 0 aliphatic heterocycles. The van der Waals surface area contributed by atoms with Crippen molar-refractivity contribution in [3.8, 4) is 5.75 Å². The Labute approximate surface area is 131 Å². The molecule has 0 amide bonds. The molecule has 0 fully saturated rings. The van der Waals surface area contributed by atoms with E-state index >= 15 is 0 Å². The van der Waals surface area contributed by atoms with E-state index in [4.69, 9.17) is 4.74 Å². The Morgan fingerprint density at radius 3 is 2.52 bits per heavy atom. The molecule has 3 nitrogen and oxygen atoms in total. The predicted octanol–water partition coefficient (Wildman–Crippen LogP) is 4.30. The maximum absolute atomic E-state index is 5.16. The van der Waals surface area contributed by atoms with Crippen molar-refractivity contribution in [2.45, 2.75) is 36.2 Å². The second-order valence-corrected chi connectivity index (χ2v) is 5.98. The first-order chi connectivity index (χ1) is 10.2. The summed E-state index contributed by atoms with van der Waals surface area (Å²) in [6.45, 7) is 5.37. The summed E-state index contributed by atoms with van der Waals surface area (Å²) in [4.78, 5) is 5.70. The molecule has 0 radical (unpaired) electrons. The summed E-state index contributed by atoms with van der Waals surface area (Å²) in [5.74, 6) is 0.874. The minimum Gasteiger partial charge on any atom is -0.497 e. The molecular weight excluding hydrogens is 280 g/mol. The van der Waals surface area contributed by atoms with Crippen LogP contribution in [0.25, 0.3) is 0 Å². The lowest BCUT2D eigenvalue weighted by molar-refractivity contribution is 0.414. The van der Waals surface area contributed by atoms with Gasteiger partial charge in [0.05, 0.1) is 7.11 Å². The minimum atomic E-state index is 0.345. The fraction of sp³-hybridized carbons (Fsp3) is 0.353. The van der Waals surface area contributed by atoms with Gasteiger partial charge in [-0.05, 0) is 55.8 Å². The monoisotopic (exact) mass is 302 g/mol. The molecule has 1 aromatic heterocycles. The lowest BCUT2D eigenvalue weighted by Crippen LogP contribution is -2.19. The van der Waals surface area contributed by atoms with Gasteiger partial charge in [-0.2, -0.15) is 0 Å². The SMILES string of the molecule is CCCNC(C)c1ccc(Sc2ccc(OC)cc2)nc1. The number of rotatable bonds is 7. The number of ether oxygens (including phenoxy) is 1. The van der Waals surface area contributed by atoms with Crippen molar-refractivity contribution in [2.24, 2.45) is 0 Å². The molecule has 0 aliphatic rings. The van der Waals surface area contributed by atoms with E-state index in [1.807, 2.05) is 30.5 Å². The number of nitrogens with one attached hydrogen (secondary N) is 1. The lowest BCUT2D eigenvalue weighted by Gasteiger charge is -2.13. The van der Waals surface area contributed by atoms with E-state index in [2.05, 4.69) is 36.3 Å². The molecule has 1 aromatic carbocycles. The summed E-state index contributed by atoms with van der Waals surface area (Å²) in [6.07, 6.45) is 3.10. The molecule has 1 unspecified atom stereocenters. The maximum atomic E-state index is 5.16. The number of methoxy groups -OCH3 is 1. The second kappa shape index (κ2) is 8.05. The molecule has 21 heavy (non-hydrogen) atoms. The van der Waals surface area contributed by atoms with E-state index in [0.29, 0.717) is 6.04 Å². The van der Waals surface area contributed by atoms with Crippen LogP contribution in [0.4, 0.5) is 0 Å². The Bertz CT molecular complexity index is 540. The van der Waals surface area contributed by atoms with E-state index in [1.54, 1.807) is 18.9 Å². The average Bonchev–Trinajstić information content (AvgIpc) is 2.54.